The molecular weight excluding hydrogens is 395 g/mol. The zero-order valence-corrected chi connectivity index (χ0v) is 16.8. The number of halogens is 3. The highest BCUT2D eigenvalue weighted by Crippen LogP contribution is 2.38. The Labute approximate surface area is 174 Å². The van der Waals surface area contributed by atoms with Crippen LogP contribution in [0.2, 0.25) is 0 Å². The number of amides is 1. The fourth-order valence-corrected chi connectivity index (χ4v) is 4.03. The number of hydrazine groups is 1. The predicted octanol–water partition coefficient (Wildman–Crippen LogP) is 4.46. The van der Waals surface area contributed by atoms with Gasteiger partial charge in [0.1, 0.15) is 5.75 Å². The number of hydrogen-bond donors (Lipinski definition) is 2. The molecule has 0 aliphatic carbocycles. The van der Waals surface area contributed by atoms with Crippen LogP contribution in [0.15, 0.2) is 48.5 Å². The summed E-state index contributed by atoms with van der Waals surface area (Å²) in [6, 6.07) is 14.5. The van der Waals surface area contributed by atoms with E-state index in [9.17, 15) is 18.0 Å². The third-order valence-corrected chi connectivity index (χ3v) is 5.19. The molecule has 0 unspecified atom stereocenters. The molecule has 2 aromatic rings. The summed E-state index contributed by atoms with van der Waals surface area (Å²) in [5.74, 6) is 6.31. The molecule has 1 aliphatic heterocycles. The summed E-state index contributed by atoms with van der Waals surface area (Å²) in [7, 11) is 0. The minimum atomic E-state index is -4.43. The second-order valence-electron chi connectivity index (χ2n) is 7.61. The zero-order chi connectivity index (χ0) is 21.7. The number of piperidine rings is 1. The second kappa shape index (κ2) is 9.49. The molecule has 1 aliphatic rings. The minimum absolute atomic E-state index is 0.0557. The average molecular weight is 421 g/mol. The molecule has 5 nitrogen and oxygen atoms in total. The summed E-state index contributed by atoms with van der Waals surface area (Å²) in [5, 5.41) is 4.48. The topological polar surface area (TPSA) is 67.6 Å². The Kier molecular flexibility index (Phi) is 6.99. The number of anilines is 1. The molecule has 1 amide bonds. The lowest BCUT2D eigenvalue weighted by Gasteiger charge is -2.39. The average Bonchev–Trinajstić information content (AvgIpc) is 2.67. The summed E-state index contributed by atoms with van der Waals surface area (Å²) in [6.07, 6.45) is -2.17. The number of nitrogens with one attached hydrogen (secondary N) is 1. The molecule has 3 rings (SSSR count). The molecule has 30 heavy (non-hydrogen) atoms. The fraction of sp³-hybridized carbons (Fsp3) is 0.409. The van der Waals surface area contributed by atoms with Gasteiger partial charge in [0.15, 0.2) is 6.61 Å². The number of rotatable bonds is 6. The molecule has 162 valence electrons. The van der Waals surface area contributed by atoms with Gasteiger partial charge in [0.25, 0.3) is 0 Å². The van der Waals surface area contributed by atoms with E-state index in [-0.39, 0.29) is 23.6 Å². The monoisotopic (exact) mass is 421 g/mol. The Bertz CT molecular complexity index is 858. The molecule has 0 spiro atoms. The number of alkyl halides is 3. The van der Waals surface area contributed by atoms with Crippen LogP contribution in [0.3, 0.4) is 0 Å². The Morgan fingerprint density at radius 1 is 1.23 bits per heavy atom. The first-order valence-corrected chi connectivity index (χ1v) is 9.89. The quantitative estimate of drug-likeness (QED) is 0.676. The Morgan fingerprint density at radius 3 is 2.63 bits per heavy atom. The van der Waals surface area contributed by atoms with Crippen LogP contribution in [-0.2, 0) is 11.2 Å². The molecule has 0 bridgehead atoms. The molecule has 2 atom stereocenters. The van der Waals surface area contributed by atoms with Crippen LogP contribution in [-0.4, -0.2) is 30.2 Å². The molecule has 0 aromatic heterocycles. The van der Waals surface area contributed by atoms with Crippen molar-refractivity contribution in [2.75, 3.05) is 18.5 Å². The third kappa shape index (κ3) is 5.96. The molecule has 3 N–H and O–H groups in total. The van der Waals surface area contributed by atoms with Crippen molar-refractivity contribution in [3.05, 3.63) is 59.7 Å². The molecule has 0 saturated carbocycles. The van der Waals surface area contributed by atoms with Crippen molar-refractivity contribution in [1.29, 1.82) is 0 Å². The maximum absolute atomic E-state index is 12.7. The van der Waals surface area contributed by atoms with Crippen LogP contribution >= 0.6 is 0 Å². The van der Waals surface area contributed by atoms with Gasteiger partial charge in [-0.2, -0.15) is 13.2 Å². The largest absolute Gasteiger partial charge is 0.484 e. The van der Waals surface area contributed by atoms with Gasteiger partial charge in [-0.25, -0.2) is 5.01 Å². The Hall–Kier alpha value is -2.58. The lowest BCUT2D eigenvalue weighted by molar-refractivity contribution is -0.153. The van der Waals surface area contributed by atoms with Crippen molar-refractivity contribution in [2.45, 2.75) is 38.4 Å². The fourth-order valence-electron chi connectivity index (χ4n) is 4.03. The van der Waals surface area contributed by atoms with E-state index < -0.39 is 12.8 Å². The summed E-state index contributed by atoms with van der Waals surface area (Å²) >= 11 is 0. The number of nitrogens with two attached hydrogens (primary N) is 1. The predicted molar refractivity (Wildman–Crippen MR) is 109 cm³/mol. The standard InChI is InChI=1S/C22H26F3N3O2/c1-15(29)27-19-9-10-20(30-14-22(23,24)25)18(13-19)12-17-8-5-11-28(26)21(17)16-6-3-2-4-7-16/h2-4,6-7,9-10,13,17,21H,5,8,11-12,14,26H2,1H3,(H,27,29)/t17-,21+/m0/s1. The molecular formula is C22H26F3N3O2. The molecule has 1 fully saturated rings. The summed E-state index contributed by atoms with van der Waals surface area (Å²) in [5.41, 5.74) is 2.21. The lowest BCUT2D eigenvalue weighted by atomic mass is 9.81. The summed E-state index contributed by atoms with van der Waals surface area (Å²) in [4.78, 5) is 11.4. The smallest absolute Gasteiger partial charge is 0.422 e. The second-order valence-corrected chi connectivity index (χ2v) is 7.61. The highest BCUT2D eigenvalue weighted by atomic mass is 19.4. The van der Waals surface area contributed by atoms with E-state index >= 15 is 0 Å². The molecule has 0 radical (unpaired) electrons. The van der Waals surface area contributed by atoms with Crippen molar-refractivity contribution >= 4 is 11.6 Å². The van der Waals surface area contributed by atoms with Gasteiger partial charge in [0.2, 0.25) is 5.91 Å². The zero-order valence-electron chi connectivity index (χ0n) is 16.8. The van der Waals surface area contributed by atoms with Crippen LogP contribution in [0.1, 0.15) is 36.9 Å². The molecule has 8 heteroatoms. The first kappa shape index (κ1) is 22.1. The van der Waals surface area contributed by atoms with Gasteiger partial charge in [0, 0.05) is 19.2 Å². The van der Waals surface area contributed by atoms with E-state index in [0.717, 1.165) is 24.9 Å². The maximum atomic E-state index is 12.7. The van der Waals surface area contributed by atoms with E-state index in [1.807, 2.05) is 30.3 Å². The normalized spacial score (nSPS) is 20.0. The Morgan fingerprint density at radius 2 is 1.97 bits per heavy atom. The highest BCUT2D eigenvalue weighted by Gasteiger charge is 2.33. The van der Waals surface area contributed by atoms with Gasteiger partial charge in [-0.05, 0) is 54.5 Å². The third-order valence-electron chi connectivity index (χ3n) is 5.19. The molecule has 1 saturated heterocycles. The van der Waals surface area contributed by atoms with Crippen LogP contribution < -0.4 is 15.9 Å². The van der Waals surface area contributed by atoms with E-state index in [1.54, 1.807) is 17.1 Å². The highest BCUT2D eigenvalue weighted by molar-refractivity contribution is 5.88. The van der Waals surface area contributed by atoms with Gasteiger partial charge in [-0.15, -0.1) is 0 Å². The van der Waals surface area contributed by atoms with Crippen LogP contribution in [0, 0.1) is 5.92 Å². The summed E-state index contributed by atoms with van der Waals surface area (Å²) in [6.45, 7) is 0.765. The number of carbonyl (C=O) groups excluding carboxylic acids is 1. The van der Waals surface area contributed by atoms with Gasteiger partial charge in [-0.3, -0.25) is 10.6 Å². The first-order chi connectivity index (χ1) is 14.2. The minimum Gasteiger partial charge on any atom is -0.484 e. The van der Waals surface area contributed by atoms with Crippen LogP contribution in [0.5, 0.6) is 5.75 Å². The van der Waals surface area contributed by atoms with Gasteiger partial charge >= 0.3 is 6.18 Å². The molecule has 2 aromatic carbocycles. The van der Waals surface area contributed by atoms with Crippen molar-refractivity contribution in [1.82, 2.24) is 5.01 Å². The number of nitrogens with zero attached hydrogens (tertiary/aromatic N) is 1. The number of benzene rings is 2. The SMILES string of the molecule is CC(=O)Nc1ccc(OCC(F)(F)F)c(C[C@@H]2CCCN(N)[C@@H]2c2ccccc2)c1. The van der Waals surface area contributed by atoms with E-state index in [4.69, 9.17) is 10.6 Å². The van der Waals surface area contributed by atoms with Crippen molar-refractivity contribution in [3.8, 4) is 5.75 Å². The first-order valence-electron chi connectivity index (χ1n) is 9.89. The van der Waals surface area contributed by atoms with E-state index in [0.29, 0.717) is 17.7 Å². The van der Waals surface area contributed by atoms with E-state index in [1.165, 1.54) is 13.0 Å². The Balaban J connectivity index is 1.90. The van der Waals surface area contributed by atoms with Crippen molar-refractivity contribution in [3.63, 3.8) is 0 Å². The van der Waals surface area contributed by atoms with Gasteiger partial charge in [0.05, 0.1) is 6.04 Å². The summed E-state index contributed by atoms with van der Waals surface area (Å²) < 4.78 is 43.2. The number of hydrogen-bond acceptors (Lipinski definition) is 4. The van der Waals surface area contributed by atoms with Crippen LogP contribution in [0.25, 0.3) is 0 Å². The van der Waals surface area contributed by atoms with Gasteiger partial charge in [-0.1, -0.05) is 30.3 Å². The lowest BCUT2D eigenvalue weighted by Crippen LogP contribution is -2.44. The number of carbonyl (C=O) groups is 1. The van der Waals surface area contributed by atoms with Crippen molar-refractivity contribution in [2.24, 2.45) is 11.8 Å². The van der Waals surface area contributed by atoms with Crippen LogP contribution in [0.4, 0.5) is 18.9 Å². The molecule has 1 heterocycles. The van der Waals surface area contributed by atoms with Crippen molar-refractivity contribution < 1.29 is 22.7 Å². The maximum Gasteiger partial charge on any atom is 0.422 e. The van der Waals surface area contributed by atoms with E-state index in [2.05, 4.69) is 5.32 Å². The number of ether oxygens (including phenoxy) is 1. The van der Waals surface area contributed by atoms with Gasteiger partial charge < -0.3 is 10.1 Å².